The van der Waals surface area contributed by atoms with E-state index in [9.17, 15) is 45.1 Å². The highest BCUT2D eigenvalue weighted by atomic mass is 35.5. The Morgan fingerprint density at radius 2 is 1.61 bits per heavy atom. The van der Waals surface area contributed by atoms with Gasteiger partial charge in [-0.1, -0.05) is 41.9 Å². The summed E-state index contributed by atoms with van der Waals surface area (Å²) in [5, 5.41) is 6.28. The van der Waals surface area contributed by atoms with E-state index in [4.69, 9.17) is 16.3 Å². The van der Waals surface area contributed by atoms with E-state index in [1.54, 1.807) is 51.1 Å². The highest BCUT2D eigenvalue weighted by molar-refractivity contribution is 6.30. The van der Waals surface area contributed by atoms with Crippen molar-refractivity contribution in [2.24, 2.45) is 0 Å². The number of rotatable bonds is 14. The first-order valence-corrected chi connectivity index (χ1v) is 14.9. The van der Waals surface area contributed by atoms with Gasteiger partial charge >= 0.3 is 30.5 Å². The molecule has 0 radical (unpaired) electrons. The normalized spacial score (nSPS) is 13.3. The second-order valence-corrected chi connectivity index (χ2v) is 12.1. The lowest BCUT2D eigenvalue weighted by molar-refractivity contribution is -0.253. The number of aromatic nitrogens is 1. The number of carbonyl (C=O) groups is 3. The van der Waals surface area contributed by atoms with Crippen LogP contribution in [0.15, 0.2) is 66.9 Å². The van der Waals surface area contributed by atoms with E-state index in [2.05, 4.69) is 15.0 Å². The second-order valence-electron chi connectivity index (χ2n) is 11.7. The molecule has 3 rings (SSSR count). The monoisotopic (exact) mass is 720 g/mol. The van der Waals surface area contributed by atoms with Gasteiger partial charge in [-0.2, -0.15) is 26.3 Å². The third-order valence-electron chi connectivity index (χ3n) is 6.51. The summed E-state index contributed by atoms with van der Waals surface area (Å²) in [6, 6.07) is 11.2. The van der Waals surface area contributed by atoms with E-state index in [0.717, 1.165) is 18.3 Å². The lowest BCUT2D eigenvalue weighted by Gasteiger charge is -2.36. The molecule has 1 atom stereocenters. The Morgan fingerprint density at radius 1 is 0.939 bits per heavy atom. The van der Waals surface area contributed by atoms with Crippen molar-refractivity contribution in [1.82, 2.24) is 20.9 Å². The molecule has 9 nitrogen and oxygen atoms in total. The third kappa shape index (κ3) is 11.2. The van der Waals surface area contributed by atoms with Gasteiger partial charge in [0.05, 0.1) is 23.7 Å². The Bertz CT molecular complexity index is 1610. The van der Waals surface area contributed by atoms with E-state index in [-0.39, 0.29) is 22.7 Å². The first-order chi connectivity index (χ1) is 22.7. The van der Waals surface area contributed by atoms with Gasteiger partial charge < -0.3 is 25.4 Å². The fourth-order valence-corrected chi connectivity index (χ4v) is 4.54. The van der Waals surface area contributed by atoms with Gasteiger partial charge in [-0.15, -0.1) is 0 Å². The minimum atomic E-state index is -5.03. The molecule has 0 aliphatic carbocycles. The van der Waals surface area contributed by atoms with Gasteiger partial charge in [-0.3, -0.25) is 14.6 Å². The van der Waals surface area contributed by atoms with Gasteiger partial charge in [-0.25, -0.2) is 9.18 Å². The number of hydrogen-bond donors (Lipinski definition) is 3. The quantitative estimate of drug-likeness (QED) is 0.132. The molecule has 3 aromatic rings. The van der Waals surface area contributed by atoms with Crippen LogP contribution in [0.3, 0.4) is 0 Å². The minimum Gasteiger partial charge on any atom is -0.460 e. The average Bonchev–Trinajstić information content (AvgIpc) is 2.99. The molecule has 3 amide bonds. The van der Waals surface area contributed by atoms with Crippen molar-refractivity contribution in [3.05, 3.63) is 94.5 Å². The standard InChI is InChI=1S/C32H32ClF7N4O5/c1-29(2,3)49-25(45)11-12-41-27(46)31(37,38)18-43-28(47)44-30(16-19-7-5-4-6-8-19,24-10-9-21(33)17-42-24)20-13-22(34)15-23(14-20)48-32(39,40)26(35)36/h4-10,13-15,17,26H,11-12,16,18H2,1-3H3,(H,41,46)(H2,43,44,47)/t30-/m0/s1. The zero-order valence-electron chi connectivity index (χ0n) is 26.3. The summed E-state index contributed by atoms with van der Waals surface area (Å²) < 4.78 is 107. The second kappa shape index (κ2) is 15.7. The van der Waals surface area contributed by atoms with Gasteiger partial charge in [0.2, 0.25) is 0 Å². The molecular weight excluding hydrogens is 689 g/mol. The van der Waals surface area contributed by atoms with E-state index >= 15 is 0 Å². The number of nitrogens with zero attached hydrogens (tertiary/aromatic N) is 1. The highest BCUT2D eigenvalue weighted by Gasteiger charge is 2.45. The maximum absolute atomic E-state index is 15.0. The van der Waals surface area contributed by atoms with Crippen LogP contribution >= 0.6 is 11.6 Å². The van der Waals surface area contributed by atoms with Crippen molar-refractivity contribution in [3.8, 4) is 5.75 Å². The molecule has 49 heavy (non-hydrogen) atoms. The molecule has 0 bridgehead atoms. The van der Waals surface area contributed by atoms with Crippen LogP contribution in [0.5, 0.6) is 5.75 Å². The summed E-state index contributed by atoms with van der Waals surface area (Å²) in [7, 11) is 0. The van der Waals surface area contributed by atoms with E-state index in [1.165, 1.54) is 12.1 Å². The molecule has 0 aliphatic heterocycles. The first kappa shape index (κ1) is 38.8. The van der Waals surface area contributed by atoms with E-state index < -0.39 is 78.6 Å². The predicted molar refractivity (Wildman–Crippen MR) is 163 cm³/mol. The Kier molecular flexibility index (Phi) is 12.5. The molecule has 0 fully saturated rings. The zero-order chi connectivity index (χ0) is 36.6. The number of pyridine rings is 1. The lowest BCUT2D eigenvalue weighted by Crippen LogP contribution is -2.55. The number of ether oxygens (including phenoxy) is 2. The van der Waals surface area contributed by atoms with Crippen molar-refractivity contribution in [3.63, 3.8) is 0 Å². The number of nitrogens with one attached hydrogen (secondary N) is 3. The number of esters is 1. The number of benzene rings is 2. The van der Waals surface area contributed by atoms with Crippen LogP contribution in [0.1, 0.15) is 44.0 Å². The molecule has 2 aromatic carbocycles. The SMILES string of the molecule is CC(C)(C)OC(=O)CCNC(=O)C(F)(F)CNC(=O)N[C@@](Cc1ccccc1)(c1cc(F)cc(OC(F)(F)C(F)F)c1)c1ccc(Cl)cn1. The Labute approximate surface area is 281 Å². The van der Waals surface area contributed by atoms with Crippen LogP contribution in [0.2, 0.25) is 5.02 Å². The molecular formula is C32H32ClF7N4O5. The van der Waals surface area contributed by atoms with Crippen molar-refractivity contribution in [2.45, 2.75) is 63.2 Å². The number of urea groups is 1. The van der Waals surface area contributed by atoms with Crippen LogP contribution in [0.25, 0.3) is 0 Å². The van der Waals surface area contributed by atoms with E-state index in [1.807, 2.05) is 10.6 Å². The molecule has 17 heteroatoms. The molecule has 3 N–H and O–H groups in total. The van der Waals surface area contributed by atoms with Crippen LogP contribution in [-0.2, 0) is 26.3 Å². The van der Waals surface area contributed by atoms with Crippen molar-refractivity contribution < 1.29 is 54.6 Å². The topological polar surface area (TPSA) is 119 Å². The summed E-state index contributed by atoms with van der Waals surface area (Å²) in [5.41, 5.74) is -2.97. The lowest BCUT2D eigenvalue weighted by atomic mass is 9.80. The Hall–Kier alpha value is -4.60. The third-order valence-corrected chi connectivity index (χ3v) is 6.74. The van der Waals surface area contributed by atoms with Gasteiger partial charge in [0.25, 0.3) is 5.91 Å². The maximum atomic E-state index is 15.0. The zero-order valence-corrected chi connectivity index (χ0v) is 27.0. The van der Waals surface area contributed by atoms with Gasteiger partial charge in [0, 0.05) is 25.2 Å². The Balaban J connectivity index is 1.96. The van der Waals surface area contributed by atoms with Crippen LogP contribution in [0.4, 0.5) is 35.5 Å². The first-order valence-electron chi connectivity index (χ1n) is 14.5. The van der Waals surface area contributed by atoms with Gasteiger partial charge in [0.1, 0.15) is 22.7 Å². The smallest absolute Gasteiger partial charge is 0.460 e. The summed E-state index contributed by atoms with van der Waals surface area (Å²) in [6.45, 7) is 2.73. The number of carbonyl (C=O) groups excluding carboxylic acids is 3. The van der Waals surface area contributed by atoms with Crippen LogP contribution in [0, 0.1) is 5.82 Å². The summed E-state index contributed by atoms with van der Waals surface area (Å²) in [5.74, 6) is -9.07. The summed E-state index contributed by atoms with van der Waals surface area (Å²) in [4.78, 5) is 41.5. The molecule has 0 unspecified atom stereocenters. The largest absolute Gasteiger partial charge is 0.461 e. The van der Waals surface area contributed by atoms with Gasteiger partial charge in [-0.05, 0) is 56.2 Å². The predicted octanol–water partition coefficient (Wildman–Crippen LogP) is 6.38. The number of halogens is 8. The highest BCUT2D eigenvalue weighted by Crippen LogP contribution is 2.37. The molecule has 0 saturated heterocycles. The number of hydrogen-bond acceptors (Lipinski definition) is 6. The minimum absolute atomic E-state index is 0.110. The summed E-state index contributed by atoms with van der Waals surface area (Å²) in [6.07, 6.45) is -8.92. The van der Waals surface area contributed by atoms with Crippen LogP contribution < -0.4 is 20.7 Å². The number of amides is 3. The molecule has 0 saturated carbocycles. The molecule has 0 spiro atoms. The average molecular weight is 721 g/mol. The van der Waals surface area contributed by atoms with Crippen LogP contribution in [-0.4, -0.2) is 60.0 Å². The summed E-state index contributed by atoms with van der Waals surface area (Å²) >= 11 is 5.99. The maximum Gasteiger partial charge on any atom is 0.461 e. The van der Waals surface area contributed by atoms with Crippen molar-refractivity contribution >= 4 is 29.5 Å². The van der Waals surface area contributed by atoms with Crippen molar-refractivity contribution in [1.29, 1.82) is 0 Å². The van der Waals surface area contributed by atoms with Crippen molar-refractivity contribution in [2.75, 3.05) is 13.1 Å². The molecule has 0 aliphatic rings. The fourth-order valence-electron chi connectivity index (χ4n) is 4.43. The van der Waals surface area contributed by atoms with Gasteiger partial charge in [0.15, 0.2) is 0 Å². The number of alkyl halides is 6. The molecule has 1 heterocycles. The molecule has 1 aromatic heterocycles. The van der Waals surface area contributed by atoms with E-state index in [0.29, 0.717) is 11.6 Å². The Morgan fingerprint density at radius 3 is 2.20 bits per heavy atom. The molecule has 266 valence electrons. The fraction of sp³-hybridized carbons (Fsp3) is 0.375.